The van der Waals surface area contributed by atoms with Gasteiger partial charge in [-0.3, -0.25) is 14.7 Å². The van der Waals surface area contributed by atoms with Gasteiger partial charge in [0, 0.05) is 18.6 Å². The van der Waals surface area contributed by atoms with Crippen molar-refractivity contribution in [3.63, 3.8) is 0 Å². The summed E-state index contributed by atoms with van der Waals surface area (Å²) in [7, 11) is 1.90. The van der Waals surface area contributed by atoms with Gasteiger partial charge in [-0.2, -0.15) is 0 Å². The van der Waals surface area contributed by atoms with Crippen molar-refractivity contribution < 1.29 is 14.3 Å². The molecule has 8 nitrogen and oxygen atoms in total. The second-order valence-corrected chi connectivity index (χ2v) is 6.10. The zero-order valence-corrected chi connectivity index (χ0v) is 15.8. The van der Waals surface area contributed by atoms with Gasteiger partial charge in [-0.15, -0.1) is 0 Å². The van der Waals surface area contributed by atoms with Crippen LogP contribution in [0.2, 0.25) is 5.02 Å². The molecule has 0 unspecified atom stereocenters. The Morgan fingerprint density at radius 1 is 1.38 bits per heavy atom. The van der Waals surface area contributed by atoms with Gasteiger partial charge in [0.05, 0.1) is 26.2 Å². The van der Waals surface area contributed by atoms with Crippen molar-refractivity contribution >= 4 is 29.5 Å². The topological polar surface area (TPSA) is 86.3 Å². The molecule has 1 aliphatic rings. The van der Waals surface area contributed by atoms with Gasteiger partial charge < -0.3 is 20.3 Å². The molecule has 9 heteroatoms. The van der Waals surface area contributed by atoms with Crippen LogP contribution in [0, 0.1) is 0 Å². The number of halogens is 1. The quantitative estimate of drug-likeness (QED) is 0.401. The number of nitrogens with one attached hydrogen (secondary N) is 2. The first-order chi connectivity index (χ1) is 12.5. The van der Waals surface area contributed by atoms with Crippen LogP contribution < -0.4 is 15.4 Å². The standard InChI is InChI=1S/C17H24ClN5O3/c1-3-19-16(20-8-9-23-15(24)12-21-17(23)25)22(2)10-11-26-14-6-4-13(18)5-7-14/h4-7H,3,8-12H2,1-2H3,(H,19,20)(H,21,25). The molecule has 0 aliphatic carbocycles. The van der Waals surface area contributed by atoms with Gasteiger partial charge in [-0.05, 0) is 31.2 Å². The molecule has 0 bridgehead atoms. The van der Waals surface area contributed by atoms with Crippen molar-refractivity contribution in [2.75, 3.05) is 46.4 Å². The zero-order chi connectivity index (χ0) is 18.9. The second-order valence-electron chi connectivity index (χ2n) is 5.66. The number of amides is 3. The summed E-state index contributed by atoms with van der Waals surface area (Å²) in [6, 6.07) is 6.84. The van der Waals surface area contributed by atoms with Crippen molar-refractivity contribution in [3.05, 3.63) is 29.3 Å². The number of hydrogen-bond donors (Lipinski definition) is 2. The van der Waals surface area contributed by atoms with Crippen molar-refractivity contribution in [2.24, 2.45) is 4.99 Å². The van der Waals surface area contributed by atoms with Gasteiger partial charge in [-0.25, -0.2) is 4.79 Å². The largest absolute Gasteiger partial charge is 0.492 e. The highest BCUT2D eigenvalue weighted by molar-refractivity contribution is 6.30. The van der Waals surface area contributed by atoms with E-state index in [1.54, 1.807) is 12.1 Å². The maximum atomic E-state index is 11.6. The normalized spacial score (nSPS) is 14.4. The van der Waals surface area contributed by atoms with Crippen molar-refractivity contribution in [3.8, 4) is 5.75 Å². The van der Waals surface area contributed by atoms with Gasteiger partial charge >= 0.3 is 6.03 Å². The fraction of sp³-hybridized carbons (Fsp3) is 0.471. The summed E-state index contributed by atoms with van der Waals surface area (Å²) in [6.07, 6.45) is 0. The molecular weight excluding hydrogens is 358 g/mol. The Morgan fingerprint density at radius 2 is 2.12 bits per heavy atom. The van der Waals surface area contributed by atoms with Crippen LogP contribution in [0.1, 0.15) is 6.92 Å². The molecule has 2 rings (SSSR count). The van der Waals surface area contributed by atoms with Crippen molar-refractivity contribution in [1.82, 2.24) is 20.4 Å². The number of aliphatic imine (C=N–C) groups is 1. The highest BCUT2D eigenvalue weighted by Crippen LogP contribution is 2.15. The van der Waals surface area contributed by atoms with E-state index in [4.69, 9.17) is 16.3 Å². The highest BCUT2D eigenvalue weighted by atomic mass is 35.5. The molecule has 2 N–H and O–H groups in total. The number of carbonyl (C=O) groups is 2. The Balaban J connectivity index is 1.81. The van der Waals surface area contributed by atoms with Crippen LogP contribution in [0.3, 0.4) is 0 Å². The number of imide groups is 1. The molecule has 1 aliphatic heterocycles. The van der Waals surface area contributed by atoms with E-state index in [0.29, 0.717) is 37.2 Å². The minimum atomic E-state index is -0.361. The van der Waals surface area contributed by atoms with E-state index in [0.717, 1.165) is 5.75 Å². The number of ether oxygens (including phenoxy) is 1. The fourth-order valence-corrected chi connectivity index (χ4v) is 2.47. The summed E-state index contributed by atoms with van der Waals surface area (Å²) in [5, 5.41) is 6.34. The maximum absolute atomic E-state index is 11.6. The lowest BCUT2D eigenvalue weighted by Gasteiger charge is -2.22. The van der Waals surface area contributed by atoms with Crippen molar-refractivity contribution in [1.29, 1.82) is 0 Å². The average molecular weight is 382 g/mol. The predicted octanol–water partition coefficient (Wildman–Crippen LogP) is 1.17. The van der Waals surface area contributed by atoms with Crippen LogP contribution in [0.5, 0.6) is 5.75 Å². The van der Waals surface area contributed by atoms with Crippen LogP contribution >= 0.6 is 11.6 Å². The number of benzene rings is 1. The molecule has 1 saturated heterocycles. The third-order valence-corrected chi connectivity index (χ3v) is 3.98. The van der Waals surface area contributed by atoms with Crippen molar-refractivity contribution in [2.45, 2.75) is 6.92 Å². The average Bonchev–Trinajstić information content (AvgIpc) is 2.94. The van der Waals surface area contributed by atoms with E-state index in [2.05, 4.69) is 15.6 Å². The van der Waals surface area contributed by atoms with E-state index in [1.807, 2.05) is 31.0 Å². The summed E-state index contributed by atoms with van der Waals surface area (Å²) in [5.41, 5.74) is 0. The lowest BCUT2D eigenvalue weighted by atomic mass is 10.3. The summed E-state index contributed by atoms with van der Waals surface area (Å²) in [5.74, 6) is 1.22. The third-order valence-electron chi connectivity index (χ3n) is 3.73. The molecule has 1 aromatic rings. The number of nitrogens with zero attached hydrogens (tertiary/aromatic N) is 3. The van der Waals surface area contributed by atoms with Crippen LogP contribution in [0.25, 0.3) is 0 Å². The number of urea groups is 1. The molecule has 1 aromatic carbocycles. The van der Waals surface area contributed by atoms with Gasteiger partial charge in [-0.1, -0.05) is 11.6 Å². The van der Waals surface area contributed by atoms with Gasteiger partial charge in [0.15, 0.2) is 5.96 Å². The first-order valence-corrected chi connectivity index (χ1v) is 8.85. The molecule has 0 atom stereocenters. The Labute approximate surface area is 158 Å². The number of likely N-dealkylation sites (N-methyl/N-ethyl adjacent to an activating group) is 1. The monoisotopic (exact) mass is 381 g/mol. The van der Waals surface area contributed by atoms with Crippen LogP contribution in [0.15, 0.2) is 29.3 Å². The van der Waals surface area contributed by atoms with Gasteiger partial charge in [0.25, 0.3) is 0 Å². The third kappa shape index (κ3) is 5.80. The Morgan fingerprint density at radius 3 is 2.73 bits per heavy atom. The molecule has 1 heterocycles. The number of guanidine groups is 1. The lowest BCUT2D eigenvalue weighted by Crippen LogP contribution is -2.41. The fourth-order valence-electron chi connectivity index (χ4n) is 2.34. The molecule has 3 amide bonds. The lowest BCUT2D eigenvalue weighted by molar-refractivity contribution is -0.124. The minimum absolute atomic E-state index is 0.0601. The van der Waals surface area contributed by atoms with Crippen LogP contribution in [-0.2, 0) is 4.79 Å². The predicted molar refractivity (Wildman–Crippen MR) is 101 cm³/mol. The van der Waals surface area contributed by atoms with Gasteiger partial charge in [0.1, 0.15) is 12.4 Å². The molecule has 0 aromatic heterocycles. The van der Waals surface area contributed by atoms with Gasteiger partial charge in [0.2, 0.25) is 5.91 Å². The number of rotatable bonds is 8. The molecule has 0 spiro atoms. The van der Waals surface area contributed by atoms with Crippen LogP contribution in [-0.4, -0.2) is 74.1 Å². The molecule has 1 fully saturated rings. The Bertz CT molecular complexity index is 634. The minimum Gasteiger partial charge on any atom is -0.492 e. The summed E-state index contributed by atoms with van der Waals surface area (Å²) in [4.78, 5) is 30.7. The SMILES string of the molecule is CCNC(=NCCN1C(=O)CNC1=O)N(C)CCOc1ccc(Cl)cc1. The molecule has 26 heavy (non-hydrogen) atoms. The summed E-state index contributed by atoms with van der Waals surface area (Å²) in [6.45, 7) is 4.45. The number of hydrogen-bond acceptors (Lipinski definition) is 4. The van der Waals surface area contributed by atoms with E-state index in [1.165, 1.54) is 4.90 Å². The Kier molecular flexibility index (Phi) is 7.53. The second kappa shape index (κ2) is 9.86. The van der Waals surface area contributed by atoms with E-state index in [-0.39, 0.29) is 25.0 Å². The number of carbonyl (C=O) groups excluding carboxylic acids is 2. The highest BCUT2D eigenvalue weighted by Gasteiger charge is 2.27. The first-order valence-electron chi connectivity index (χ1n) is 8.47. The van der Waals surface area contributed by atoms with E-state index < -0.39 is 0 Å². The molecule has 0 radical (unpaired) electrons. The summed E-state index contributed by atoms with van der Waals surface area (Å²) < 4.78 is 5.68. The summed E-state index contributed by atoms with van der Waals surface area (Å²) >= 11 is 5.85. The zero-order valence-electron chi connectivity index (χ0n) is 15.0. The molecule has 142 valence electrons. The van der Waals surface area contributed by atoms with E-state index >= 15 is 0 Å². The maximum Gasteiger partial charge on any atom is 0.324 e. The molecular formula is C17H24ClN5O3. The Hall–Kier alpha value is -2.48. The first kappa shape index (κ1) is 19.8. The van der Waals surface area contributed by atoms with E-state index in [9.17, 15) is 9.59 Å². The molecule has 0 saturated carbocycles. The van der Waals surface area contributed by atoms with Crippen LogP contribution in [0.4, 0.5) is 4.79 Å². The smallest absolute Gasteiger partial charge is 0.324 e.